The number of hydrogen-bond donors (Lipinski definition) is 2. The van der Waals surface area contributed by atoms with E-state index in [1.54, 1.807) is 16.9 Å². The number of aliphatic hydroxyl groups is 1. The first-order valence-corrected chi connectivity index (χ1v) is 11.1. The van der Waals surface area contributed by atoms with Crippen LogP contribution < -0.4 is 9.46 Å². The van der Waals surface area contributed by atoms with E-state index in [9.17, 15) is 13.5 Å². The molecule has 0 bridgehead atoms. The van der Waals surface area contributed by atoms with Crippen molar-refractivity contribution in [3.63, 3.8) is 0 Å². The highest BCUT2D eigenvalue weighted by molar-refractivity contribution is 7.92. The number of sulfonamides is 1. The molecule has 2 heterocycles. The first-order valence-electron chi connectivity index (χ1n) is 9.49. The third kappa shape index (κ3) is 4.08. The minimum Gasteiger partial charge on any atom is -0.496 e. The zero-order chi connectivity index (χ0) is 20.5. The second-order valence-electron chi connectivity index (χ2n) is 7.59. The molecule has 0 aliphatic heterocycles. The van der Waals surface area contributed by atoms with Gasteiger partial charge in [-0.15, -0.1) is 0 Å². The number of aliphatic hydroxyl groups excluding tert-OH is 1. The number of fused-ring (bicyclic) bond motifs is 1. The number of nitrogens with one attached hydrogen (secondary N) is 1. The Morgan fingerprint density at radius 2 is 2.21 bits per heavy atom. The smallest absolute Gasteiger partial charge is 0.234 e. The van der Waals surface area contributed by atoms with E-state index in [0.717, 1.165) is 24.8 Å². The van der Waals surface area contributed by atoms with Gasteiger partial charge in [-0.1, -0.05) is 11.6 Å². The number of benzene rings is 1. The highest BCUT2D eigenvalue weighted by atomic mass is 32.2. The lowest BCUT2D eigenvalue weighted by molar-refractivity contribution is 0.112. The van der Waals surface area contributed by atoms with Crippen molar-refractivity contribution in [2.75, 3.05) is 24.2 Å². The molecule has 1 fully saturated rings. The molecular formula is C19H24N4O5S. The lowest BCUT2D eigenvalue weighted by atomic mass is 9.68. The molecule has 156 valence electrons. The molecule has 0 unspecified atom stereocenters. The second kappa shape index (κ2) is 7.68. The molecule has 1 saturated carbocycles. The van der Waals surface area contributed by atoms with Gasteiger partial charge in [-0.25, -0.2) is 8.42 Å². The molecule has 2 aromatic heterocycles. The van der Waals surface area contributed by atoms with Crippen molar-refractivity contribution in [3.8, 4) is 5.75 Å². The molecule has 1 aliphatic rings. The maximum atomic E-state index is 12.8. The average molecular weight is 420 g/mol. The van der Waals surface area contributed by atoms with Crippen LogP contribution in [0.1, 0.15) is 31.2 Å². The van der Waals surface area contributed by atoms with E-state index in [0.29, 0.717) is 29.7 Å². The summed E-state index contributed by atoms with van der Waals surface area (Å²) >= 11 is 0. The number of hydrogen-bond acceptors (Lipinski definition) is 7. The highest BCUT2D eigenvalue weighted by Crippen LogP contribution is 2.45. The molecule has 29 heavy (non-hydrogen) atoms. The van der Waals surface area contributed by atoms with E-state index in [-0.39, 0.29) is 23.6 Å². The Kier molecular flexibility index (Phi) is 5.22. The van der Waals surface area contributed by atoms with Crippen LogP contribution in [0.5, 0.6) is 5.75 Å². The standard InChI is InChI=1S/C19H24N4O5S/c1-27-15-10-14(12-23-8-3-7-20-23)11-16-17(15)18(21-28-16)22-29(25,26)13-19(6-9-24)4-2-5-19/h3,7-8,10-11,24H,2,4-6,9,12-13H2,1H3,(H,21,22). The minimum absolute atomic E-state index is 0.0186. The van der Waals surface area contributed by atoms with E-state index in [1.165, 1.54) is 7.11 Å². The second-order valence-corrected chi connectivity index (χ2v) is 9.32. The molecule has 4 rings (SSSR count). The van der Waals surface area contributed by atoms with Gasteiger partial charge < -0.3 is 14.4 Å². The summed E-state index contributed by atoms with van der Waals surface area (Å²) in [5.41, 5.74) is 0.958. The fourth-order valence-electron chi connectivity index (χ4n) is 3.96. The fraction of sp³-hybridized carbons (Fsp3) is 0.474. The summed E-state index contributed by atoms with van der Waals surface area (Å²) in [4.78, 5) is 0. The first kappa shape index (κ1) is 19.7. The first-order chi connectivity index (χ1) is 13.9. The number of anilines is 1. The van der Waals surface area contributed by atoms with E-state index < -0.39 is 10.0 Å². The SMILES string of the molecule is COc1cc(Cn2cccn2)cc2onc(NS(=O)(=O)CC3(CCO)CCC3)c12. The topological polar surface area (TPSA) is 119 Å². The van der Waals surface area contributed by atoms with Crippen molar-refractivity contribution in [3.05, 3.63) is 36.2 Å². The molecule has 0 radical (unpaired) electrons. The normalized spacial score (nSPS) is 15.9. The Hall–Kier alpha value is -2.59. The monoisotopic (exact) mass is 420 g/mol. The van der Waals surface area contributed by atoms with Crippen molar-refractivity contribution >= 4 is 26.8 Å². The third-order valence-corrected chi connectivity index (χ3v) is 7.02. The lowest BCUT2D eigenvalue weighted by Gasteiger charge is -2.41. The van der Waals surface area contributed by atoms with Crippen molar-refractivity contribution in [2.45, 2.75) is 32.2 Å². The predicted molar refractivity (Wildman–Crippen MR) is 107 cm³/mol. The van der Waals surface area contributed by atoms with Crippen molar-refractivity contribution < 1.29 is 22.8 Å². The molecule has 9 nitrogen and oxygen atoms in total. The largest absolute Gasteiger partial charge is 0.496 e. The molecule has 2 N–H and O–H groups in total. The molecule has 0 spiro atoms. The Bertz CT molecular complexity index is 1090. The Morgan fingerprint density at radius 3 is 2.83 bits per heavy atom. The van der Waals surface area contributed by atoms with Crippen LogP contribution >= 0.6 is 0 Å². The number of aromatic nitrogens is 3. The van der Waals surface area contributed by atoms with Crippen LogP contribution in [0.4, 0.5) is 5.82 Å². The average Bonchev–Trinajstić information content (AvgIpc) is 3.29. The van der Waals surface area contributed by atoms with Crippen LogP contribution in [0.2, 0.25) is 0 Å². The molecule has 0 saturated heterocycles. The summed E-state index contributed by atoms with van der Waals surface area (Å²) in [5.74, 6) is 0.535. The van der Waals surface area contributed by atoms with Crippen LogP contribution in [0.25, 0.3) is 11.0 Å². The van der Waals surface area contributed by atoms with Gasteiger partial charge in [0.15, 0.2) is 11.4 Å². The van der Waals surface area contributed by atoms with Gasteiger partial charge in [-0.3, -0.25) is 9.40 Å². The highest BCUT2D eigenvalue weighted by Gasteiger charge is 2.40. The number of rotatable bonds is 9. The number of ether oxygens (including phenoxy) is 1. The fourth-order valence-corrected chi connectivity index (χ4v) is 5.71. The zero-order valence-electron chi connectivity index (χ0n) is 16.2. The number of methoxy groups -OCH3 is 1. The third-order valence-electron chi connectivity index (χ3n) is 5.53. The van der Waals surface area contributed by atoms with E-state index in [1.807, 2.05) is 18.3 Å². The maximum Gasteiger partial charge on any atom is 0.234 e. The van der Waals surface area contributed by atoms with Gasteiger partial charge in [0, 0.05) is 19.0 Å². The molecule has 3 aromatic rings. The predicted octanol–water partition coefficient (Wildman–Crippen LogP) is 2.38. The van der Waals surface area contributed by atoms with E-state index in [2.05, 4.69) is 15.0 Å². The maximum absolute atomic E-state index is 12.8. The zero-order valence-corrected chi connectivity index (χ0v) is 17.0. The molecule has 0 atom stereocenters. The van der Waals surface area contributed by atoms with Crippen LogP contribution in [0.15, 0.2) is 35.1 Å². The van der Waals surface area contributed by atoms with Gasteiger partial charge in [0.1, 0.15) is 11.1 Å². The number of nitrogens with zero attached hydrogens (tertiary/aromatic N) is 3. The van der Waals surface area contributed by atoms with Gasteiger partial charge in [0.25, 0.3) is 0 Å². The Balaban J connectivity index is 1.61. The van der Waals surface area contributed by atoms with Gasteiger partial charge in [-0.05, 0) is 48.4 Å². The minimum atomic E-state index is -3.67. The van der Waals surface area contributed by atoms with Crippen LogP contribution in [-0.2, 0) is 16.6 Å². The summed E-state index contributed by atoms with van der Waals surface area (Å²) in [6, 6.07) is 5.45. The summed E-state index contributed by atoms with van der Waals surface area (Å²) in [5, 5.41) is 17.9. The van der Waals surface area contributed by atoms with Gasteiger partial charge in [0.05, 0.1) is 19.4 Å². The Labute approximate surface area is 168 Å². The van der Waals surface area contributed by atoms with E-state index >= 15 is 0 Å². The van der Waals surface area contributed by atoms with Gasteiger partial charge in [0.2, 0.25) is 10.0 Å². The summed E-state index contributed by atoms with van der Waals surface area (Å²) < 4.78 is 40.7. The Morgan fingerprint density at radius 1 is 1.38 bits per heavy atom. The summed E-state index contributed by atoms with van der Waals surface area (Å²) in [6.45, 7) is 0.500. The molecule has 1 aliphatic carbocycles. The molecule has 0 amide bonds. The lowest BCUT2D eigenvalue weighted by Crippen LogP contribution is -2.39. The van der Waals surface area contributed by atoms with Crippen LogP contribution in [0.3, 0.4) is 0 Å². The molecular weight excluding hydrogens is 396 g/mol. The summed E-state index contributed by atoms with van der Waals surface area (Å²) in [6.07, 6.45) is 6.60. The van der Waals surface area contributed by atoms with Gasteiger partial charge >= 0.3 is 0 Å². The molecule has 1 aromatic carbocycles. The quantitative estimate of drug-likeness (QED) is 0.545. The van der Waals surface area contributed by atoms with E-state index in [4.69, 9.17) is 9.26 Å². The van der Waals surface area contributed by atoms with Crippen LogP contribution in [-0.4, -0.2) is 47.9 Å². The summed E-state index contributed by atoms with van der Waals surface area (Å²) in [7, 11) is -2.15. The van der Waals surface area contributed by atoms with Gasteiger partial charge in [-0.2, -0.15) is 5.10 Å². The van der Waals surface area contributed by atoms with Crippen molar-refractivity contribution in [1.29, 1.82) is 0 Å². The van der Waals surface area contributed by atoms with Crippen LogP contribution in [0, 0.1) is 5.41 Å². The molecule has 10 heteroatoms. The van der Waals surface area contributed by atoms with Crippen molar-refractivity contribution in [2.24, 2.45) is 5.41 Å². The van der Waals surface area contributed by atoms with Crippen molar-refractivity contribution in [1.82, 2.24) is 14.9 Å².